The number of hydrogen-bond acceptors (Lipinski definition) is 0. The molecule has 0 saturated carbocycles. The van der Waals surface area contributed by atoms with Crippen LogP contribution < -0.4 is 0 Å². The first kappa shape index (κ1) is 24.1. The van der Waals surface area contributed by atoms with Crippen LogP contribution in [0.3, 0.4) is 0 Å². The van der Waals surface area contributed by atoms with E-state index in [0.717, 1.165) is 0 Å². The minimum atomic E-state index is -2.42. The molecule has 4 unspecified atom stereocenters. The van der Waals surface area contributed by atoms with Crippen molar-refractivity contribution in [1.29, 1.82) is 0 Å². The van der Waals surface area contributed by atoms with Crippen molar-refractivity contribution in [2.45, 2.75) is 22.2 Å². The Morgan fingerprint density at radius 3 is 0.842 bits per heavy atom. The molecule has 4 aromatic carbocycles. The van der Waals surface area contributed by atoms with Crippen LogP contribution >= 0.6 is 0 Å². The molecule has 0 bridgehead atoms. The molecule has 4 aliphatic rings. The number of rotatable bonds is 4. The second-order valence-electron chi connectivity index (χ2n) is 10.9. The molecule has 8 rings (SSSR count). The molecule has 0 aromatic heterocycles. The van der Waals surface area contributed by atoms with Gasteiger partial charge in [-0.25, -0.2) is 0 Å². The summed E-state index contributed by atoms with van der Waals surface area (Å²) < 4.78 is 0. The summed E-state index contributed by atoms with van der Waals surface area (Å²) in [5, 5.41) is 0. The van der Waals surface area contributed by atoms with Crippen molar-refractivity contribution >= 4 is 61.9 Å². The maximum Gasteiger partial charge on any atom is 0.0997 e. The van der Waals surface area contributed by atoms with E-state index >= 15 is 0 Å². The van der Waals surface area contributed by atoms with Gasteiger partial charge in [-0.05, 0) is 44.5 Å². The fourth-order valence-electron chi connectivity index (χ4n) is 7.90. The minimum absolute atomic E-state index is 0. The third-order valence-electron chi connectivity index (χ3n) is 9.35. The molecule has 0 nitrogen and oxygen atoms in total. The number of allylic oxidation sites excluding steroid dienone is 4. The summed E-state index contributed by atoms with van der Waals surface area (Å²) in [5.74, 6) is 0. The zero-order valence-electron chi connectivity index (χ0n) is 21.7. The van der Waals surface area contributed by atoms with E-state index < -0.39 is 8.07 Å². The van der Waals surface area contributed by atoms with Gasteiger partial charge in [0.1, 0.15) is 0 Å². The smallest absolute Gasteiger partial charge is 0.0790 e. The molecule has 38 heavy (non-hydrogen) atoms. The van der Waals surface area contributed by atoms with Crippen LogP contribution in [0.15, 0.2) is 121 Å². The average molecular weight is 512 g/mol. The first-order valence-corrected chi connectivity index (χ1v) is 15.7. The molecule has 177 valence electrons. The van der Waals surface area contributed by atoms with Crippen molar-refractivity contribution in [2.24, 2.45) is 0 Å². The van der Waals surface area contributed by atoms with Crippen LogP contribution in [0.25, 0.3) is 24.3 Å². The molecule has 1 radical (unpaired) electrons. The van der Waals surface area contributed by atoms with E-state index in [1.54, 1.807) is 0 Å². The average Bonchev–Trinajstić information content (AvgIpc) is 3.75. The first-order chi connectivity index (χ1) is 18.4. The van der Waals surface area contributed by atoms with Crippen LogP contribution in [-0.2, 0) is 0 Å². The van der Waals surface area contributed by atoms with Crippen LogP contribution in [0, 0.1) is 0 Å². The van der Waals surface area contributed by atoms with E-state index in [1.807, 2.05) is 0 Å². The van der Waals surface area contributed by atoms with Gasteiger partial charge in [0.2, 0.25) is 0 Å². The quantitative estimate of drug-likeness (QED) is 0.241. The first-order valence-electron chi connectivity index (χ1n) is 13.4. The van der Waals surface area contributed by atoms with Crippen molar-refractivity contribution in [3.63, 3.8) is 0 Å². The third kappa shape index (κ3) is 3.33. The van der Waals surface area contributed by atoms with Gasteiger partial charge < -0.3 is 0 Å². The second-order valence-corrected chi connectivity index (χ2v) is 15.4. The summed E-state index contributed by atoms with van der Waals surface area (Å²) >= 11 is 0. The number of hydrogen-bond donors (Lipinski definition) is 0. The molecular formula is C36H28NaSi. The van der Waals surface area contributed by atoms with Gasteiger partial charge in [0.15, 0.2) is 0 Å². The van der Waals surface area contributed by atoms with Gasteiger partial charge in [0.05, 0.1) is 8.07 Å². The Morgan fingerprint density at radius 1 is 0.342 bits per heavy atom. The molecule has 4 aliphatic carbocycles. The van der Waals surface area contributed by atoms with Gasteiger partial charge in [-0.2, -0.15) is 0 Å². The van der Waals surface area contributed by atoms with E-state index in [2.05, 4.69) is 146 Å². The predicted molar refractivity (Wildman–Crippen MR) is 164 cm³/mol. The van der Waals surface area contributed by atoms with Crippen LogP contribution in [0.4, 0.5) is 0 Å². The van der Waals surface area contributed by atoms with Crippen molar-refractivity contribution in [1.82, 2.24) is 0 Å². The Morgan fingerprint density at radius 2 is 0.579 bits per heavy atom. The van der Waals surface area contributed by atoms with Crippen LogP contribution in [0.1, 0.15) is 66.7 Å². The molecule has 0 fully saturated rings. The van der Waals surface area contributed by atoms with Gasteiger partial charge in [-0.3, -0.25) is 0 Å². The van der Waals surface area contributed by atoms with Gasteiger partial charge >= 0.3 is 0 Å². The normalized spacial score (nSPS) is 24.4. The van der Waals surface area contributed by atoms with Gasteiger partial charge in [-0.15, -0.1) is 0 Å². The van der Waals surface area contributed by atoms with E-state index in [9.17, 15) is 0 Å². The summed E-state index contributed by atoms with van der Waals surface area (Å²) in [6.45, 7) is 0. The van der Waals surface area contributed by atoms with Crippen LogP contribution in [-0.4, -0.2) is 37.6 Å². The standard InChI is InChI=1S/C36H28Si.Na/c1-5-13-29-25(9-1)17-21-33(29)37(34-22-18-26-10-2-6-14-30(26)34,35-23-19-27-11-3-7-15-31(27)35)36-24-20-28-12-4-8-16-32(28)36;/h1-24,33-36H;. The fraction of sp³-hybridized carbons (Fsp3) is 0.111. The van der Waals surface area contributed by atoms with E-state index in [-0.39, 0.29) is 29.6 Å². The Labute approximate surface area is 248 Å². The van der Waals surface area contributed by atoms with Gasteiger partial charge in [-0.1, -0.05) is 146 Å². The fourth-order valence-corrected chi connectivity index (χ4v) is 15.1. The van der Waals surface area contributed by atoms with Crippen molar-refractivity contribution in [3.05, 3.63) is 166 Å². The van der Waals surface area contributed by atoms with E-state index in [4.69, 9.17) is 0 Å². The molecule has 0 saturated heterocycles. The topological polar surface area (TPSA) is 0 Å². The molecule has 0 heterocycles. The zero-order chi connectivity index (χ0) is 24.4. The summed E-state index contributed by atoms with van der Waals surface area (Å²) in [4.78, 5) is 0. The van der Waals surface area contributed by atoms with Crippen molar-refractivity contribution < 1.29 is 0 Å². The zero-order valence-corrected chi connectivity index (χ0v) is 24.7. The Bertz CT molecular complexity index is 1420. The van der Waals surface area contributed by atoms with Crippen molar-refractivity contribution in [3.8, 4) is 0 Å². The minimum Gasteiger partial charge on any atom is -0.0790 e. The number of benzene rings is 4. The molecule has 4 atom stereocenters. The molecule has 0 amide bonds. The van der Waals surface area contributed by atoms with Crippen LogP contribution in [0.5, 0.6) is 0 Å². The Kier molecular flexibility index (Phi) is 5.94. The maximum absolute atomic E-state index is 2.58. The summed E-state index contributed by atoms with van der Waals surface area (Å²) in [6, 6.07) is 36.6. The van der Waals surface area contributed by atoms with Gasteiger partial charge in [0.25, 0.3) is 0 Å². The maximum atomic E-state index is 2.58. The van der Waals surface area contributed by atoms with Crippen LogP contribution in [0.2, 0.25) is 0 Å². The molecule has 2 heteroatoms. The molecule has 0 spiro atoms. The van der Waals surface area contributed by atoms with E-state index in [0.29, 0.717) is 22.2 Å². The Hall–Kier alpha value is -2.94. The second kappa shape index (κ2) is 9.36. The summed E-state index contributed by atoms with van der Waals surface area (Å²) in [7, 11) is -2.42. The predicted octanol–water partition coefficient (Wildman–Crippen LogP) is 8.45. The summed E-state index contributed by atoms with van der Waals surface area (Å²) in [5.41, 5.74) is 13.3. The monoisotopic (exact) mass is 511 g/mol. The third-order valence-corrected chi connectivity index (χ3v) is 15.7. The SMILES string of the molecule is C1=CC([Si](C2C=Cc3ccccc32)(C2C=Cc3ccccc32)C2C=Cc3ccccc32)c2ccccc21.[Na]. The van der Waals surface area contributed by atoms with Gasteiger partial charge in [0, 0.05) is 51.7 Å². The molecule has 0 aliphatic heterocycles. The molecule has 4 aromatic rings. The van der Waals surface area contributed by atoms with Crippen molar-refractivity contribution in [2.75, 3.05) is 0 Å². The summed E-state index contributed by atoms with van der Waals surface area (Å²) in [6.07, 6.45) is 19.9. The Balaban J connectivity index is 0.00000242. The molecule has 0 N–H and O–H groups in total. The largest absolute Gasteiger partial charge is 0.0997 e. The van der Waals surface area contributed by atoms with E-state index in [1.165, 1.54) is 44.5 Å². The molecular weight excluding hydrogens is 483 g/mol. The number of fused-ring (bicyclic) bond motifs is 4.